The number of ether oxygens (including phenoxy) is 3. The predicted molar refractivity (Wildman–Crippen MR) is 74.1 cm³/mol. The first-order valence-electron chi connectivity index (χ1n) is 6.63. The van der Waals surface area contributed by atoms with Crippen LogP contribution in [-0.2, 0) is 10.3 Å². The molecule has 0 spiro atoms. The van der Waals surface area contributed by atoms with Crippen LogP contribution in [0.15, 0.2) is 22.7 Å². The van der Waals surface area contributed by atoms with Gasteiger partial charge in [0.1, 0.15) is 18.8 Å². The molecule has 0 aliphatic carbocycles. The number of nitrogens with zero attached hydrogens (tertiary/aromatic N) is 2. The van der Waals surface area contributed by atoms with Gasteiger partial charge in [-0.05, 0) is 19.1 Å². The minimum atomic E-state index is -0.817. The molecule has 1 aliphatic heterocycles. The van der Waals surface area contributed by atoms with E-state index in [9.17, 15) is 0 Å². The third-order valence-electron chi connectivity index (χ3n) is 3.18. The number of benzene rings is 1. The fraction of sp³-hybridized carbons (Fsp3) is 0.429. The Morgan fingerprint density at radius 1 is 1.33 bits per heavy atom. The van der Waals surface area contributed by atoms with Gasteiger partial charge in [-0.1, -0.05) is 11.2 Å². The van der Waals surface area contributed by atoms with Crippen molar-refractivity contribution in [2.75, 3.05) is 26.9 Å². The lowest BCUT2D eigenvalue weighted by Crippen LogP contribution is -2.38. The van der Waals surface area contributed by atoms with Gasteiger partial charge in [0, 0.05) is 7.11 Å². The summed E-state index contributed by atoms with van der Waals surface area (Å²) in [4.78, 5) is 4.36. The van der Waals surface area contributed by atoms with Crippen molar-refractivity contribution in [1.29, 1.82) is 0 Å². The molecule has 0 saturated heterocycles. The van der Waals surface area contributed by atoms with Crippen LogP contribution in [0.2, 0.25) is 0 Å². The standard InChI is InChI=1S/C14H17N3O4/c1-14(15,8-18-2)13-16-12(21-17-13)9-4-3-5-10-11(9)20-7-6-19-10/h3-5H,6-8,15H2,1-2H3. The molecule has 2 aromatic rings. The van der Waals surface area contributed by atoms with E-state index < -0.39 is 5.54 Å². The fourth-order valence-electron chi connectivity index (χ4n) is 2.17. The SMILES string of the molecule is COCC(C)(N)c1noc(-c2cccc3c2OCCO3)n1. The Balaban J connectivity index is 1.97. The van der Waals surface area contributed by atoms with Gasteiger partial charge in [-0.15, -0.1) is 0 Å². The molecule has 0 bridgehead atoms. The Morgan fingerprint density at radius 2 is 2.14 bits per heavy atom. The minimum Gasteiger partial charge on any atom is -0.486 e. The maximum atomic E-state index is 6.11. The summed E-state index contributed by atoms with van der Waals surface area (Å²) in [5.74, 6) is 2.02. The van der Waals surface area contributed by atoms with Gasteiger partial charge in [-0.3, -0.25) is 0 Å². The quantitative estimate of drug-likeness (QED) is 0.908. The van der Waals surface area contributed by atoms with Crippen molar-refractivity contribution in [3.05, 3.63) is 24.0 Å². The van der Waals surface area contributed by atoms with Gasteiger partial charge >= 0.3 is 0 Å². The number of para-hydroxylation sites is 1. The van der Waals surface area contributed by atoms with E-state index in [1.165, 1.54) is 0 Å². The molecule has 7 heteroatoms. The Bertz CT molecular complexity index is 639. The van der Waals surface area contributed by atoms with Gasteiger partial charge in [0.2, 0.25) is 0 Å². The Kier molecular flexibility index (Phi) is 3.52. The lowest BCUT2D eigenvalue weighted by Gasteiger charge is -2.19. The summed E-state index contributed by atoms with van der Waals surface area (Å²) in [7, 11) is 1.57. The molecule has 0 radical (unpaired) electrons. The highest BCUT2D eigenvalue weighted by Gasteiger charge is 2.29. The molecule has 112 valence electrons. The number of fused-ring (bicyclic) bond motifs is 1. The minimum absolute atomic E-state index is 0.290. The van der Waals surface area contributed by atoms with E-state index >= 15 is 0 Å². The van der Waals surface area contributed by atoms with Crippen LogP contribution in [0.3, 0.4) is 0 Å². The van der Waals surface area contributed by atoms with Crippen LogP contribution in [0.5, 0.6) is 11.5 Å². The van der Waals surface area contributed by atoms with Gasteiger partial charge < -0.3 is 24.5 Å². The van der Waals surface area contributed by atoms with Crippen LogP contribution < -0.4 is 15.2 Å². The van der Waals surface area contributed by atoms with E-state index in [-0.39, 0.29) is 0 Å². The molecule has 1 aromatic heterocycles. The molecule has 0 fully saturated rings. The summed E-state index contributed by atoms with van der Waals surface area (Å²) >= 11 is 0. The molecular weight excluding hydrogens is 274 g/mol. The van der Waals surface area contributed by atoms with Crippen molar-refractivity contribution in [2.24, 2.45) is 5.73 Å². The Hall–Kier alpha value is -2.12. The molecular formula is C14H17N3O4. The largest absolute Gasteiger partial charge is 0.486 e. The third-order valence-corrected chi connectivity index (χ3v) is 3.18. The molecule has 0 saturated carbocycles. The first-order chi connectivity index (χ1) is 10.1. The topological polar surface area (TPSA) is 92.6 Å². The molecule has 2 N–H and O–H groups in total. The molecule has 1 aliphatic rings. The number of nitrogens with two attached hydrogens (primary N) is 1. The highest BCUT2D eigenvalue weighted by Crippen LogP contribution is 2.39. The molecule has 2 heterocycles. The van der Waals surface area contributed by atoms with E-state index in [2.05, 4.69) is 10.1 Å². The van der Waals surface area contributed by atoms with Crippen molar-refractivity contribution in [2.45, 2.75) is 12.5 Å². The lowest BCUT2D eigenvalue weighted by molar-refractivity contribution is 0.135. The maximum Gasteiger partial charge on any atom is 0.261 e. The summed E-state index contributed by atoms with van der Waals surface area (Å²) in [6.07, 6.45) is 0. The number of aromatic nitrogens is 2. The van der Waals surface area contributed by atoms with E-state index in [0.29, 0.717) is 48.6 Å². The van der Waals surface area contributed by atoms with Gasteiger partial charge in [0.25, 0.3) is 5.89 Å². The van der Waals surface area contributed by atoms with Crippen molar-refractivity contribution in [3.63, 3.8) is 0 Å². The summed E-state index contributed by atoms with van der Waals surface area (Å²) < 4.78 is 21.6. The van der Waals surface area contributed by atoms with Crippen LogP contribution in [0.4, 0.5) is 0 Å². The lowest BCUT2D eigenvalue weighted by atomic mass is 10.1. The van der Waals surface area contributed by atoms with Crippen LogP contribution in [0, 0.1) is 0 Å². The zero-order valence-electron chi connectivity index (χ0n) is 12.0. The smallest absolute Gasteiger partial charge is 0.261 e. The van der Waals surface area contributed by atoms with Crippen LogP contribution in [0.25, 0.3) is 11.5 Å². The average molecular weight is 291 g/mol. The fourth-order valence-corrected chi connectivity index (χ4v) is 2.17. The first kappa shape index (κ1) is 13.8. The third kappa shape index (κ3) is 2.57. The van der Waals surface area contributed by atoms with Gasteiger partial charge in [-0.25, -0.2) is 0 Å². The Labute approximate surface area is 122 Å². The van der Waals surface area contributed by atoms with Crippen LogP contribution in [0.1, 0.15) is 12.7 Å². The number of methoxy groups -OCH3 is 1. The van der Waals surface area contributed by atoms with Crippen LogP contribution >= 0.6 is 0 Å². The summed E-state index contributed by atoms with van der Waals surface area (Å²) in [6, 6.07) is 5.53. The molecule has 21 heavy (non-hydrogen) atoms. The van der Waals surface area contributed by atoms with Crippen LogP contribution in [-0.4, -0.2) is 37.1 Å². The molecule has 0 amide bonds. The first-order valence-corrected chi connectivity index (χ1v) is 6.63. The van der Waals surface area contributed by atoms with Crippen molar-refractivity contribution >= 4 is 0 Å². The number of rotatable bonds is 4. The molecule has 1 aromatic carbocycles. The number of hydrogen-bond donors (Lipinski definition) is 1. The normalized spacial score (nSPS) is 16.5. The van der Waals surface area contributed by atoms with Gasteiger partial charge in [0.15, 0.2) is 17.3 Å². The molecule has 1 atom stereocenters. The second-order valence-electron chi connectivity index (χ2n) is 5.10. The van der Waals surface area contributed by atoms with E-state index in [1.54, 1.807) is 14.0 Å². The van der Waals surface area contributed by atoms with Crippen molar-refractivity contribution in [1.82, 2.24) is 10.1 Å². The summed E-state index contributed by atoms with van der Waals surface area (Å²) in [5.41, 5.74) is 5.99. The molecule has 7 nitrogen and oxygen atoms in total. The zero-order chi connectivity index (χ0) is 14.9. The van der Waals surface area contributed by atoms with Crippen molar-refractivity contribution < 1.29 is 18.7 Å². The highest BCUT2D eigenvalue weighted by molar-refractivity contribution is 5.67. The van der Waals surface area contributed by atoms with Crippen molar-refractivity contribution in [3.8, 4) is 23.0 Å². The van der Waals surface area contributed by atoms with Gasteiger partial charge in [0.05, 0.1) is 12.2 Å². The molecule has 3 rings (SSSR count). The molecule has 1 unspecified atom stereocenters. The zero-order valence-corrected chi connectivity index (χ0v) is 12.0. The average Bonchev–Trinajstić information content (AvgIpc) is 2.97. The summed E-state index contributed by atoms with van der Waals surface area (Å²) in [6.45, 7) is 3.09. The second-order valence-corrected chi connectivity index (χ2v) is 5.10. The van der Waals surface area contributed by atoms with E-state index in [4.69, 9.17) is 24.5 Å². The summed E-state index contributed by atoms with van der Waals surface area (Å²) in [5, 5.41) is 3.94. The second kappa shape index (κ2) is 5.34. The van der Waals surface area contributed by atoms with Gasteiger partial charge in [-0.2, -0.15) is 4.98 Å². The maximum absolute atomic E-state index is 6.11. The Morgan fingerprint density at radius 3 is 2.95 bits per heavy atom. The highest BCUT2D eigenvalue weighted by atomic mass is 16.6. The predicted octanol–water partition coefficient (Wildman–Crippen LogP) is 1.33. The number of hydrogen-bond acceptors (Lipinski definition) is 7. The monoisotopic (exact) mass is 291 g/mol. The van der Waals surface area contributed by atoms with E-state index in [1.807, 2.05) is 18.2 Å². The van der Waals surface area contributed by atoms with E-state index in [0.717, 1.165) is 0 Å².